The van der Waals surface area contributed by atoms with Gasteiger partial charge in [0.05, 0.1) is 11.7 Å². The van der Waals surface area contributed by atoms with E-state index < -0.39 is 0 Å². The molecule has 2 aromatic heterocycles. The van der Waals surface area contributed by atoms with Crippen LogP contribution >= 0.6 is 0 Å². The first-order chi connectivity index (χ1) is 12.2. The van der Waals surface area contributed by atoms with Gasteiger partial charge in [0, 0.05) is 49.5 Å². The molecule has 0 saturated carbocycles. The van der Waals surface area contributed by atoms with Gasteiger partial charge in [-0.25, -0.2) is 0 Å². The van der Waals surface area contributed by atoms with Gasteiger partial charge in [-0.05, 0) is 25.2 Å². The number of aromatic nitrogens is 2. The Morgan fingerprint density at radius 2 is 1.72 bits per heavy atom. The van der Waals surface area contributed by atoms with Crippen molar-refractivity contribution >= 4 is 10.9 Å². The largest absolute Gasteiger partial charge is 0.505 e. The van der Waals surface area contributed by atoms with Crippen LogP contribution in [-0.2, 0) is 0 Å². The fourth-order valence-corrected chi connectivity index (χ4v) is 3.53. The molecule has 0 radical (unpaired) electrons. The van der Waals surface area contributed by atoms with E-state index in [9.17, 15) is 5.11 Å². The highest BCUT2D eigenvalue weighted by atomic mass is 16.3. The van der Waals surface area contributed by atoms with Gasteiger partial charge in [-0.15, -0.1) is 0 Å². The number of nitrogens with zero attached hydrogens (tertiary/aromatic N) is 4. The summed E-state index contributed by atoms with van der Waals surface area (Å²) in [6, 6.07) is 13.8. The van der Waals surface area contributed by atoms with Crippen molar-refractivity contribution in [1.82, 2.24) is 19.8 Å². The number of phenolic OH excluding ortho intramolecular Hbond substituents is 1. The zero-order valence-electron chi connectivity index (χ0n) is 14.3. The van der Waals surface area contributed by atoms with Gasteiger partial charge in [0.2, 0.25) is 0 Å². The first-order valence-corrected chi connectivity index (χ1v) is 8.64. The van der Waals surface area contributed by atoms with E-state index in [1.54, 1.807) is 6.20 Å². The van der Waals surface area contributed by atoms with Crippen molar-refractivity contribution in [2.24, 2.45) is 0 Å². The normalized spacial score (nSPS) is 17.6. The highest BCUT2D eigenvalue weighted by Crippen LogP contribution is 2.37. The lowest BCUT2D eigenvalue weighted by atomic mass is 9.97. The first-order valence-electron chi connectivity index (χ1n) is 8.64. The lowest BCUT2D eigenvalue weighted by molar-refractivity contribution is 0.124. The van der Waals surface area contributed by atoms with Crippen LogP contribution in [0.2, 0.25) is 0 Å². The molecule has 4 rings (SSSR count). The van der Waals surface area contributed by atoms with Gasteiger partial charge in [-0.3, -0.25) is 14.9 Å². The maximum absolute atomic E-state index is 10.9. The van der Waals surface area contributed by atoms with Crippen LogP contribution < -0.4 is 0 Å². The molecule has 1 atom stereocenters. The molecule has 1 aliphatic rings. The minimum absolute atomic E-state index is 0.0682. The summed E-state index contributed by atoms with van der Waals surface area (Å²) in [6.45, 7) is 3.90. The zero-order valence-corrected chi connectivity index (χ0v) is 14.3. The number of fused-ring (bicyclic) bond motifs is 1. The number of aromatic hydroxyl groups is 1. The quantitative estimate of drug-likeness (QED) is 0.798. The molecule has 3 aromatic rings. The second-order valence-electron chi connectivity index (χ2n) is 6.57. The molecule has 25 heavy (non-hydrogen) atoms. The minimum Gasteiger partial charge on any atom is -0.505 e. The Kier molecular flexibility index (Phi) is 4.34. The predicted molar refractivity (Wildman–Crippen MR) is 98.6 cm³/mol. The molecule has 5 nitrogen and oxygen atoms in total. The van der Waals surface area contributed by atoms with Crippen LogP contribution in [0.3, 0.4) is 0 Å². The van der Waals surface area contributed by atoms with Crippen molar-refractivity contribution in [3.8, 4) is 5.75 Å². The van der Waals surface area contributed by atoms with Crippen molar-refractivity contribution in [2.45, 2.75) is 6.04 Å². The Balaban J connectivity index is 1.82. The average Bonchev–Trinajstić information content (AvgIpc) is 2.66. The Hall–Kier alpha value is -2.50. The Morgan fingerprint density at radius 3 is 2.48 bits per heavy atom. The minimum atomic E-state index is -0.0682. The summed E-state index contributed by atoms with van der Waals surface area (Å²) in [5, 5.41) is 11.9. The summed E-state index contributed by atoms with van der Waals surface area (Å²) >= 11 is 0. The molecule has 0 unspecified atom stereocenters. The Bertz CT molecular complexity index is 860. The lowest BCUT2D eigenvalue weighted by Gasteiger charge is -2.38. The van der Waals surface area contributed by atoms with Crippen LogP contribution in [0, 0.1) is 0 Å². The van der Waals surface area contributed by atoms with Crippen molar-refractivity contribution in [2.75, 3.05) is 33.2 Å². The fraction of sp³-hybridized carbons (Fsp3) is 0.300. The van der Waals surface area contributed by atoms with E-state index in [1.165, 1.54) is 0 Å². The van der Waals surface area contributed by atoms with Crippen LogP contribution in [0.15, 0.2) is 54.9 Å². The molecule has 0 amide bonds. The summed E-state index contributed by atoms with van der Waals surface area (Å²) in [6.07, 6.45) is 3.53. The molecule has 0 aliphatic carbocycles. The molecule has 1 saturated heterocycles. The molecule has 0 bridgehead atoms. The highest BCUT2D eigenvalue weighted by Gasteiger charge is 2.29. The zero-order chi connectivity index (χ0) is 17.2. The molecular weight excluding hydrogens is 312 g/mol. The van der Waals surface area contributed by atoms with Crippen molar-refractivity contribution in [3.63, 3.8) is 0 Å². The summed E-state index contributed by atoms with van der Waals surface area (Å²) < 4.78 is 0. The SMILES string of the molecule is CN1CCN([C@@H](c2ccccn2)c2ccc3cccnc3c2O)CC1. The smallest absolute Gasteiger partial charge is 0.146 e. The summed E-state index contributed by atoms with van der Waals surface area (Å²) in [5.41, 5.74) is 2.47. The first kappa shape index (κ1) is 16.0. The summed E-state index contributed by atoms with van der Waals surface area (Å²) in [5.74, 6) is 0.257. The van der Waals surface area contributed by atoms with E-state index in [-0.39, 0.29) is 11.8 Å². The third kappa shape index (κ3) is 3.08. The molecule has 1 fully saturated rings. The van der Waals surface area contributed by atoms with Gasteiger partial charge in [0.1, 0.15) is 11.3 Å². The maximum Gasteiger partial charge on any atom is 0.146 e. The van der Waals surface area contributed by atoms with Crippen LogP contribution in [0.4, 0.5) is 0 Å². The number of hydrogen-bond acceptors (Lipinski definition) is 5. The van der Waals surface area contributed by atoms with Crippen LogP contribution in [0.1, 0.15) is 17.3 Å². The van der Waals surface area contributed by atoms with Gasteiger partial charge >= 0.3 is 0 Å². The standard InChI is InChI=1S/C20H22N4O/c1-23-11-13-24(14-12-23)19(17-6-2-3-9-21-17)16-8-7-15-5-4-10-22-18(15)20(16)25/h2-10,19,25H,11-14H2,1H3/t19-/m1/s1. The Morgan fingerprint density at radius 1 is 0.920 bits per heavy atom. The van der Waals surface area contributed by atoms with E-state index in [2.05, 4.69) is 26.8 Å². The van der Waals surface area contributed by atoms with Crippen LogP contribution in [-0.4, -0.2) is 58.1 Å². The van der Waals surface area contributed by atoms with Gasteiger partial charge in [0.15, 0.2) is 0 Å². The van der Waals surface area contributed by atoms with Crippen molar-refractivity contribution in [3.05, 3.63) is 66.1 Å². The van der Waals surface area contributed by atoms with Crippen LogP contribution in [0.5, 0.6) is 5.75 Å². The highest BCUT2D eigenvalue weighted by molar-refractivity contribution is 5.85. The lowest BCUT2D eigenvalue weighted by Crippen LogP contribution is -2.46. The molecule has 0 spiro atoms. The molecule has 128 valence electrons. The maximum atomic E-state index is 10.9. The van der Waals surface area contributed by atoms with Crippen LogP contribution in [0.25, 0.3) is 10.9 Å². The number of phenols is 1. The second-order valence-corrected chi connectivity index (χ2v) is 6.57. The number of benzene rings is 1. The molecule has 1 aliphatic heterocycles. The second kappa shape index (κ2) is 6.78. The van der Waals surface area contributed by atoms with Crippen molar-refractivity contribution < 1.29 is 5.11 Å². The van der Waals surface area contributed by atoms with Gasteiger partial charge < -0.3 is 10.0 Å². The van der Waals surface area contributed by atoms with Gasteiger partial charge in [-0.1, -0.05) is 24.3 Å². The third-order valence-corrected chi connectivity index (χ3v) is 4.94. The van der Waals surface area contributed by atoms with E-state index in [0.717, 1.165) is 42.8 Å². The van der Waals surface area contributed by atoms with Gasteiger partial charge in [0.25, 0.3) is 0 Å². The number of hydrogen-bond donors (Lipinski definition) is 1. The number of likely N-dealkylation sites (N-methyl/N-ethyl adjacent to an activating group) is 1. The topological polar surface area (TPSA) is 52.5 Å². The van der Waals surface area contributed by atoms with E-state index in [0.29, 0.717) is 5.52 Å². The van der Waals surface area contributed by atoms with E-state index in [1.807, 2.05) is 48.7 Å². The van der Waals surface area contributed by atoms with Crippen molar-refractivity contribution in [1.29, 1.82) is 0 Å². The Labute approximate surface area is 147 Å². The third-order valence-electron chi connectivity index (χ3n) is 4.94. The number of rotatable bonds is 3. The van der Waals surface area contributed by atoms with Gasteiger partial charge in [-0.2, -0.15) is 0 Å². The average molecular weight is 334 g/mol. The molecule has 3 heterocycles. The monoisotopic (exact) mass is 334 g/mol. The number of pyridine rings is 2. The fourth-order valence-electron chi connectivity index (χ4n) is 3.53. The summed E-state index contributed by atoms with van der Waals surface area (Å²) in [4.78, 5) is 13.7. The molecule has 5 heteroatoms. The molecular formula is C20H22N4O. The van der Waals surface area contributed by atoms with E-state index >= 15 is 0 Å². The summed E-state index contributed by atoms with van der Waals surface area (Å²) in [7, 11) is 2.14. The number of piperazine rings is 1. The predicted octanol–water partition coefficient (Wildman–Crippen LogP) is 2.67. The van der Waals surface area contributed by atoms with E-state index in [4.69, 9.17) is 0 Å². The molecule has 1 aromatic carbocycles. The molecule has 1 N–H and O–H groups in total.